The van der Waals surface area contributed by atoms with Crippen LogP contribution in [0.4, 0.5) is 0 Å². The van der Waals surface area contributed by atoms with Crippen LogP contribution in [0, 0.1) is 14.4 Å². The summed E-state index contributed by atoms with van der Waals surface area (Å²) in [4.78, 5) is 0. The minimum atomic E-state index is 0. The van der Waals surface area contributed by atoms with Gasteiger partial charge in [0.25, 0.3) is 0 Å². The molecule has 1 nitrogen and oxygen atoms in total. The van der Waals surface area contributed by atoms with Crippen molar-refractivity contribution in [3.63, 3.8) is 0 Å². The van der Waals surface area contributed by atoms with Crippen molar-refractivity contribution in [3.8, 4) is 5.75 Å². The predicted octanol–water partition coefficient (Wildman–Crippen LogP) is 2.71. The van der Waals surface area contributed by atoms with Crippen LogP contribution in [-0.4, -0.2) is 5.11 Å². The number of aryl methyl sites for hydroxylation is 2. The first kappa shape index (κ1) is 14.6. The second-order valence-corrected chi connectivity index (χ2v) is 2.47. The molecule has 1 aromatic rings. The van der Waals surface area contributed by atoms with Crippen LogP contribution in [0.5, 0.6) is 5.75 Å². The van der Waals surface area contributed by atoms with E-state index in [1.807, 2.05) is 19.1 Å². The molecule has 0 aromatic heterocycles. The molecule has 0 unspecified atom stereocenters. The molecule has 0 saturated carbocycles. The largest absolute Gasteiger partial charge is 0.508 e. The first-order valence-electron chi connectivity index (χ1n) is 3.52. The molecule has 0 heterocycles. The van der Waals surface area contributed by atoms with Crippen molar-refractivity contribution >= 4 is 0 Å². The van der Waals surface area contributed by atoms with Crippen LogP contribution < -0.4 is 0 Å². The molecule has 0 saturated heterocycles. The summed E-state index contributed by atoms with van der Waals surface area (Å²) in [5.41, 5.74) is 2.23. The molecule has 2 heteroatoms. The van der Waals surface area contributed by atoms with E-state index in [0.717, 1.165) is 12.0 Å². The summed E-state index contributed by atoms with van der Waals surface area (Å²) >= 11 is 0. The summed E-state index contributed by atoms with van der Waals surface area (Å²) < 4.78 is 0. The number of benzene rings is 1. The Hall–Kier alpha value is 0.124. The molecule has 0 atom stereocenters. The molecule has 65 valence electrons. The molecule has 0 aliphatic rings. The molecular formula is C10H15OY-. The quantitative estimate of drug-likeness (QED) is 0.748. The molecule has 0 fully saturated rings. The first-order chi connectivity index (χ1) is 4.74. The van der Waals surface area contributed by atoms with Gasteiger partial charge in [-0.2, -0.15) is 0 Å². The van der Waals surface area contributed by atoms with Crippen LogP contribution >= 0.6 is 0 Å². The molecule has 0 bridgehead atoms. The maximum atomic E-state index is 9.14. The van der Waals surface area contributed by atoms with Crippen molar-refractivity contribution in [3.05, 3.63) is 36.8 Å². The smallest absolute Gasteiger partial charge is 0.118 e. The first-order valence-corrected chi connectivity index (χ1v) is 3.52. The van der Waals surface area contributed by atoms with Gasteiger partial charge in [0.2, 0.25) is 0 Å². The maximum absolute atomic E-state index is 9.14. The Morgan fingerprint density at radius 2 is 1.92 bits per heavy atom. The molecule has 0 aliphatic heterocycles. The number of hydrogen-bond acceptors (Lipinski definition) is 1. The van der Waals surface area contributed by atoms with Crippen molar-refractivity contribution in [2.75, 3.05) is 0 Å². The van der Waals surface area contributed by atoms with Gasteiger partial charge in [-0.05, 0) is 30.5 Å². The molecule has 12 heavy (non-hydrogen) atoms. The number of hydrogen-bond donors (Lipinski definition) is 1. The summed E-state index contributed by atoms with van der Waals surface area (Å²) in [6.07, 6.45) is 1.03. The van der Waals surface area contributed by atoms with Crippen molar-refractivity contribution in [2.24, 2.45) is 0 Å². The molecule has 1 aromatic carbocycles. The Morgan fingerprint density at radius 1 is 1.33 bits per heavy atom. The van der Waals surface area contributed by atoms with Crippen LogP contribution in [-0.2, 0) is 39.1 Å². The molecule has 0 aliphatic carbocycles. The topological polar surface area (TPSA) is 20.2 Å². The van der Waals surface area contributed by atoms with Crippen molar-refractivity contribution in [2.45, 2.75) is 20.3 Å². The minimum Gasteiger partial charge on any atom is -0.508 e. The summed E-state index contributed by atoms with van der Waals surface area (Å²) in [5, 5.41) is 9.14. The SMILES string of the molecule is CCc1ccc(O)c(C)c1.[CH3-].[Y]. The van der Waals surface area contributed by atoms with Crippen LogP contribution in [0.25, 0.3) is 0 Å². The Kier molecular flexibility index (Phi) is 8.07. The van der Waals surface area contributed by atoms with Gasteiger partial charge in [-0.25, -0.2) is 0 Å². The molecule has 0 spiro atoms. The monoisotopic (exact) mass is 240 g/mol. The Bertz CT molecular complexity index is 233. The number of aromatic hydroxyl groups is 1. The molecule has 0 amide bonds. The zero-order chi connectivity index (χ0) is 7.56. The van der Waals surface area contributed by atoms with Gasteiger partial charge in [-0.1, -0.05) is 19.1 Å². The third kappa shape index (κ3) is 3.68. The van der Waals surface area contributed by atoms with Gasteiger partial charge in [0.05, 0.1) is 0 Å². The average molecular weight is 240 g/mol. The van der Waals surface area contributed by atoms with Gasteiger partial charge >= 0.3 is 0 Å². The number of phenols is 1. The van der Waals surface area contributed by atoms with Crippen LogP contribution in [0.3, 0.4) is 0 Å². The van der Waals surface area contributed by atoms with E-state index in [1.54, 1.807) is 6.07 Å². The second-order valence-electron chi connectivity index (χ2n) is 2.47. The minimum absolute atomic E-state index is 0. The van der Waals surface area contributed by atoms with E-state index in [9.17, 15) is 0 Å². The molecule has 1 N–H and O–H groups in total. The van der Waals surface area contributed by atoms with Crippen molar-refractivity contribution in [1.82, 2.24) is 0 Å². The van der Waals surface area contributed by atoms with E-state index in [0.29, 0.717) is 5.75 Å². The van der Waals surface area contributed by atoms with E-state index >= 15 is 0 Å². The van der Waals surface area contributed by atoms with Gasteiger partial charge in [0.1, 0.15) is 5.75 Å². The summed E-state index contributed by atoms with van der Waals surface area (Å²) in [7, 11) is 0. The molecular weight excluding hydrogens is 225 g/mol. The Morgan fingerprint density at radius 3 is 2.33 bits per heavy atom. The summed E-state index contributed by atoms with van der Waals surface area (Å²) in [6, 6.07) is 5.70. The fourth-order valence-corrected chi connectivity index (χ4v) is 0.937. The van der Waals surface area contributed by atoms with E-state index in [-0.39, 0.29) is 40.1 Å². The van der Waals surface area contributed by atoms with Crippen LogP contribution in [0.1, 0.15) is 18.1 Å². The van der Waals surface area contributed by atoms with Crippen molar-refractivity contribution < 1.29 is 37.8 Å². The van der Waals surface area contributed by atoms with Crippen LogP contribution in [0.15, 0.2) is 18.2 Å². The van der Waals surface area contributed by atoms with E-state index in [4.69, 9.17) is 5.11 Å². The Labute approximate surface area is 100 Å². The normalized spacial score (nSPS) is 8.17. The zero-order valence-electron chi connectivity index (χ0n) is 7.96. The fourth-order valence-electron chi connectivity index (χ4n) is 0.937. The maximum Gasteiger partial charge on any atom is 0.118 e. The van der Waals surface area contributed by atoms with Crippen molar-refractivity contribution in [1.29, 1.82) is 0 Å². The third-order valence-corrected chi connectivity index (χ3v) is 1.67. The van der Waals surface area contributed by atoms with Gasteiger partial charge < -0.3 is 12.5 Å². The van der Waals surface area contributed by atoms with Gasteiger partial charge in [0.15, 0.2) is 0 Å². The van der Waals surface area contributed by atoms with E-state index in [1.165, 1.54) is 5.56 Å². The summed E-state index contributed by atoms with van der Waals surface area (Å²) in [6.45, 7) is 4.01. The fraction of sp³-hybridized carbons (Fsp3) is 0.300. The van der Waals surface area contributed by atoms with Crippen LogP contribution in [0.2, 0.25) is 0 Å². The van der Waals surface area contributed by atoms with E-state index < -0.39 is 0 Å². The van der Waals surface area contributed by atoms with E-state index in [2.05, 4.69) is 6.92 Å². The molecule has 1 rings (SSSR count). The Balaban J connectivity index is 0. The number of rotatable bonds is 1. The predicted molar refractivity (Wildman–Crippen MR) is 48.6 cm³/mol. The van der Waals surface area contributed by atoms with Gasteiger partial charge in [0, 0.05) is 32.7 Å². The molecule has 1 radical (unpaired) electrons. The standard InChI is InChI=1S/C9H12O.CH3.Y/c1-3-8-4-5-9(10)7(2)6-8;;/h4-6,10H,3H2,1-2H3;1H3;/q;-1;. The van der Waals surface area contributed by atoms with Gasteiger partial charge in [-0.15, -0.1) is 0 Å². The summed E-state index contributed by atoms with van der Waals surface area (Å²) in [5.74, 6) is 0.386. The number of phenolic OH excluding ortho intramolecular Hbond substituents is 1. The third-order valence-electron chi connectivity index (χ3n) is 1.67. The van der Waals surface area contributed by atoms with Gasteiger partial charge in [-0.3, -0.25) is 0 Å². The zero-order valence-corrected chi connectivity index (χ0v) is 10.8. The average Bonchev–Trinajstić information content (AvgIpc) is 1.95. The second kappa shape index (κ2) is 6.62.